The molecule has 0 atom stereocenters. The molecule has 2 N–H and O–H groups in total. The first-order chi connectivity index (χ1) is 14.7. The second-order valence-electron chi connectivity index (χ2n) is 6.01. The van der Waals surface area contributed by atoms with E-state index in [1.54, 1.807) is 12.1 Å². The molecule has 4 aromatic rings. The Morgan fingerprint density at radius 2 is 2.06 bits per heavy atom. The maximum Gasteiger partial charge on any atom is 0.433 e. The van der Waals surface area contributed by atoms with E-state index in [0.717, 1.165) is 23.7 Å². The number of halogens is 5. The Hall–Kier alpha value is -3.68. The number of H-pyrrole nitrogens is 1. The van der Waals surface area contributed by atoms with E-state index in [1.165, 1.54) is 17.6 Å². The van der Waals surface area contributed by atoms with Crippen molar-refractivity contribution in [3.63, 3.8) is 0 Å². The SMILES string of the molecule is O=C(Nc1cn(C(F)F)nc1-c1ccccn1)c1csc(-c2cn[nH]c2C(F)(F)F)n1. The van der Waals surface area contributed by atoms with Gasteiger partial charge in [0.2, 0.25) is 0 Å². The lowest BCUT2D eigenvalue weighted by atomic mass is 10.2. The first-order valence-corrected chi connectivity index (χ1v) is 9.28. The van der Waals surface area contributed by atoms with Crippen molar-refractivity contribution >= 4 is 22.9 Å². The molecule has 31 heavy (non-hydrogen) atoms. The van der Waals surface area contributed by atoms with Crippen LogP contribution in [0.2, 0.25) is 0 Å². The molecule has 4 aromatic heterocycles. The maximum absolute atomic E-state index is 13.1. The average Bonchev–Trinajstić information content (AvgIpc) is 3.46. The molecule has 4 rings (SSSR count). The Morgan fingerprint density at radius 3 is 2.74 bits per heavy atom. The van der Waals surface area contributed by atoms with Crippen molar-refractivity contribution in [2.45, 2.75) is 12.7 Å². The molecule has 0 aromatic carbocycles. The van der Waals surface area contributed by atoms with Gasteiger partial charge in [0.15, 0.2) is 0 Å². The summed E-state index contributed by atoms with van der Waals surface area (Å²) in [5, 5.41) is 12.6. The van der Waals surface area contributed by atoms with Gasteiger partial charge in [0.05, 0.1) is 29.3 Å². The fraction of sp³-hybridized carbons (Fsp3) is 0.118. The van der Waals surface area contributed by atoms with Crippen LogP contribution in [0.15, 0.2) is 42.2 Å². The predicted octanol–water partition coefficient (Wildman–Crippen LogP) is 4.46. The van der Waals surface area contributed by atoms with Gasteiger partial charge in [-0.2, -0.15) is 32.1 Å². The van der Waals surface area contributed by atoms with E-state index in [2.05, 4.69) is 25.5 Å². The normalized spacial score (nSPS) is 11.8. The summed E-state index contributed by atoms with van der Waals surface area (Å²) in [7, 11) is 0. The molecule has 0 aliphatic rings. The van der Waals surface area contributed by atoms with Crippen LogP contribution in [0.5, 0.6) is 0 Å². The van der Waals surface area contributed by atoms with E-state index in [0.29, 0.717) is 4.68 Å². The monoisotopic (exact) mass is 455 g/mol. The van der Waals surface area contributed by atoms with Crippen molar-refractivity contribution in [2.75, 3.05) is 5.32 Å². The third kappa shape index (κ3) is 4.14. The third-order valence-corrected chi connectivity index (χ3v) is 4.85. The molecule has 160 valence electrons. The number of anilines is 1. The minimum absolute atomic E-state index is 0.00102. The molecule has 0 fully saturated rings. The Balaban J connectivity index is 1.63. The van der Waals surface area contributed by atoms with Gasteiger partial charge in [-0.3, -0.25) is 14.9 Å². The summed E-state index contributed by atoms with van der Waals surface area (Å²) in [6.07, 6.45) is -1.37. The van der Waals surface area contributed by atoms with E-state index >= 15 is 0 Å². The minimum Gasteiger partial charge on any atom is -0.317 e. The molecule has 14 heteroatoms. The van der Waals surface area contributed by atoms with Gasteiger partial charge in [-0.1, -0.05) is 6.07 Å². The topological polar surface area (TPSA) is 101 Å². The second kappa shape index (κ2) is 7.86. The zero-order valence-electron chi connectivity index (χ0n) is 15.1. The number of hydrogen-bond donors (Lipinski definition) is 2. The third-order valence-electron chi connectivity index (χ3n) is 3.98. The van der Waals surface area contributed by atoms with Crippen molar-refractivity contribution in [1.29, 1.82) is 0 Å². The van der Waals surface area contributed by atoms with E-state index in [4.69, 9.17) is 0 Å². The number of alkyl halides is 5. The quantitative estimate of drug-likeness (QED) is 0.433. The number of rotatable bonds is 5. The highest BCUT2D eigenvalue weighted by atomic mass is 32.1. The van der Waals surface area contributed by atoms with E-state index < -0.39 is 24.3 Å². The number of aromatic nitrogens is 6. The van der Waals surface area contributed by atoms with Crippen LogP contribution in [0.25, 0.3) is 22.0 Å². The van der Waals surface area contributed by atoms with Crippen LogP contribution in [-0.4, -0.2) is 35.9 Å². The molecular weight excluding hydrogens is 445 g/mol. The largest absolute Gasteiger partial charge is 0.433 e. The molecule has 0 saturated heterocycles. The minimum atomic E-state index is -4.68. The summed E-state index contributed by atoms with van der Waals surface area (Å²) in [4.78, 5) is 20.5. The van der Waals surface area contributed by atoms with Gasteiger partial charge in [0.1, 0.15) is 22.1 Å². The molecule has 1 amide bonds. The smallest absolute Gasteiger partial charge is 0.317 e. The molecule has 0 bridgehead atoms. The summed E-state index contributed by atoms with van der Waals surface area (Å²) in [5.41, 5.74) is -1.42. The van der Waals surface area contributed by atoms with Crippen LogP contribution < -0.4 is 5.32 Å². The van der Waals surface area contributed by atoms with Gasteiger partial charge in [-0.15, -0.1) is 11.3 Å². The van der Waals surface area contributed by atoms with Crippen molar-refractivity contribution < 1.29 is 26.7 Å². The Kier molecular flexibility index (Phi) is 5.22. The summed E-state index contributed by atoms with van der Waals surface area (Å²) in [5.74, 6) is -0.814. The molecule has 8 nitrogen and oxygen atoms in total. The van der Waals surface area contributed by atoms with Crippen LogP contribution in [0.3, 0.4) is 0 Å². The summed E-state index contributed by atoms with van der Waals surface area (Å²) in [6, 6.07) is 4.76. The van der Waals surface area contributed by atoms with Gasteiger partial charge in [-0.25, -0.2) is 9.67 Å². The van der Waals surface area contributed by atoms with Crippen molar-refractivity contribution in [1.82, 2.24) is 29.9 Å². The molecular formula is C17H10F5N7OS. The van der Waals surface area contributed by atoms with E-state index in [1.807, 2.05) is 5.10 Å². The molecule has 0 aliphatic carbocycles. The zero-order chi connectivity index (χ0) is 22.2. The highest BCUT2D eigenvalue weighted by molar-refractivity contribution is 7.13. The van der Waals surface area contributed by atoms with Gasteiger partial charge >= 0.3 is 12.7 Å². The van der Waals surface area contributed by atoms with Crippen molar-refractivity contribution in [3.8, 4) is 22.0 Å². The van der Waals surface area contributed by atoms with Crippen LogP contribution in [0.4, 0.5) is 27.6 Å². The van der Waals surface area contributed by atoms with Gasteiger partial charge in [0, 0.05) is 11.6 Å². The molecule has 0 saturated carbocycles. The van der Waals surface area contributed by atoms with Crippen LogP contribution in [0, 0.1) is 0 Å². The molecule has 0 radical (unpaired) electrons. The lowest BCUT2D eigenvalue weighted by Crippen LogP contribution is -2.13. The number of carbonyl (C=O) groups is 1. The lowest BCUT2D eigenvalue weighted by molar-refractivity contribution is -0.140. The Morgan fingerprint density at radius 1 is 1.26 bits per heavy atom. The summed E-state index contributed by atoms with van der Waals surface area (Å²) in [6.45, 7) is -2.96. The Bertz CT molecular complexity index is 1220. The first kappa shape index (κ1) is 20.6. The summed E-state index contributed by atoms with van der Waals surface area (Å²) >= 11 is 0.802. The van der Waals surface area contributed by atoms with Gasteiger partial charge < -0.3 is 5.32 Å². The standard InChI is InChI=1S/C17H10F5N7OS/c18-16(19)29-6-10(12(28-29)9-3-1-2-4-23-9)25-14(30)11-7-31-15(26-11)8-5-24-27-13(8)17(20,21)22/h1-7,16H,(H,24,27)(H,25,30). The van der Waals surface area contributed by atoms with Crippen LogP contribution >= 0.6 is 11.3 Å². The molecule has 4 heterocycles. The van der Waals surface area contributed by atoms with Crippen molar-refractivity contribution in [3.05, 3.63) is 53.6 Å². The number of hydrogen-bond acceptors (Lipinski definition) is 6. The highest BCUT2D eigenvalue weighted by Gasteiger charge is 2.36. The number of aromatic amines is 1. The van der Waals surface area contributed by atoms with Gasteiger partial charge in [-0.05, 0) is 12.1 Å². The molecule has 0 unspecified atom stereocenters. The van der Waals surface area contributed by atoms with E-state index in [-0.39, 0.29) is 33.3 Å². The molecule has 0 spiro atoms. The average molecular weight is 455 g/mol. The highest BCUT2D eigenvalue weighted by Crippen LogP contribution is 2.36. The van der Waals surface area contributed by atoms with E-state index in [9.17, 15) is 26.7 Å². The number of amides is 1. The number of nitrogens with one attached hydrogen (secondary N) is 2. The lowest BCUT2D eigenvalue weighted by Gasteiger charge is -2.04. The number of pyridine rings is 1. The van der Waals surface area contributed by atoms with Crippen LogP contribution in [0.1, 0.15) is 22.7 Å². The fourth-order valence-corrected chi connectivity index (χ4v) is 3.44. The summed E-state index contributed by atoms with van der Waals surface area (Å²) < 4.78 is 65.7. The van der Waals surface area contributed by atoms with Crippen LogP contribution in [-0.2, 0) is 6.18 Å². The number of carbonyl (C=O) groups excluding carboxylic acids is 1. The maximum atomic E-state index is 13.1. The van der Waals surface area contributed by atoms with Gasteiger partial charge in [0.25, 0.3) is 5.91 Å². The Labute approximate surface area is 173 Å². The number of nitrogens with zero attached hydrogens (tertiary/aromatic N) is 5. The second-order valence-corrected chi connectivity index (χ2v) is 6.87. The first-order valence-electron chi connectivity index (χ1n) is 8.40. The fourth-order valence-electron chi connectivity index (χ4n) is 2.63. The van der Waals surface area contributed by atoms with Crippen molar-refractivity contribution in [2.24, 2.45) is 0 Å². The molecule has 0 aliphatic heterocycles. The zero-order valence-corrected chi connectivity index (χ0v) is 15.9. The number of thiazole rings is 1. The predicted molar refractivity (Wildman–Crippen MR) is 99.4 cm³/mol.